The summed E-state index contributed by atoms with van der Waals surface area (Å²) in [5.41, 5.74) is 0. The second kappa shape index (κ2) is 6.47. The number of hydrogen-bond acceptors (Lipinski definition) is 4. The van der Waals surface area contributed by atoms with Crippen molar-refractivity contribution in [3.63, 3.8) is 0 Å². The molecule has 0 amide bonds. The Morgan fingerprint density at radius 2 is 2.05 bits per heavy atom. The summed E-state index contributed by atoms with van der Waals surface area (Å²) in [7, 11) is -6.93. The fourth-order valence-electron chi connectivity index (χ4n) is 2.57. The van der Waals surface area contributed by atoms with Gasteiger partial charge in [-0.25, -0.2) is 16.8 Å². The molecule has 1 unspecified atom stereocenters. The maximum Gasteiger partial charge on any atom is 0.243 e. The average Bonchev–Trinajstić information content (AvgIpc) is 2.75. The molecule has 124 valence electrons. The molecule has 2 rings (SSSR count). The second-order valence-corrected chi connectivity index (χ2v) is 10.5. The van der Waals surface area contributed by atoms with Gasteiger partial charge in [0.15, 0.2) is 9.84 Å². The van der Waals surface area contributed by atoms with Gasteiger partial charge in [-0.3, -0.25) is 0 Å². The second-order valence-electron chi connectivity index (χ2n) is 5.98. The maximum atomic E-state index is 12.9. The number of nitrogens with zero attached hydrogens (tertiary/aromatic N) is 1. The van der Waals surface area contributed by atoms with Crippen LogP contribution in [0.1, 0.15) is 20.3 Å². The quantitative estimate of drug-likeness (QED) is 0.801. The molecule has 1 aliphatic heterocycles. The van der Waals surface area contributed by atoms with Gasteiger partial charge in [0.05, 0.1) is 16.4 Å². The van der Waals surface area contributed by atoms with E-state index in [-0.39, 0.29) is 28.9 Å². The van der Waals surface area contributed by atoms with E-state index in [0.29, 0.717) is 11.4 Å². The minimum absolute atomic E-state index is 0.0390. The Hall–Kier alpha value is -0.630. The third kappa shape index (κ3) is 4.01. The molecule has 0 aromatic heterocycles. The largest absolute Gasteiger partial charge is 0.243 e. The van der Waals surface area contributed by atoms with Crippen LogP contribution in [0.3, 0.4) is 0 Å². The molecule has 5 nitrogen and oxygen atoms in total. The van der Waals surface area contributed by atoms with E-state index >= 15 is 0 Å². The molecule has 1 heterocycles. The van der Waals surface area contributed by atoms with Crippen molar-refractivity contribution in [3.05, 3.63) is 29.3 Å². The van der Waals surface area contributed by atoms with Crippen molar-refractivity contribution in [2.75, 3.05) is 18.1 Å². The topological polar surface area (TPSA) is 71.5 Å². The molecule has 1 saturated heterocycles. The number of hydrogen-bond donors (Lipinski definition) is 0. The molecule has 8 heteroatoms. The third-order valence-corrected chi connectivity index (χ3v) is 7.46. The average molecular weight is 366 g/mol. The molecule has 1 aromatic rings. The van der Waals surface area contributed by atoms with Gasteiger partial charge in [-0.05, 0) is 30.5 Å². The van der Waals surface area contributed by atoms with E-state index in [4.69, 9.17) is 11.6 Å². The van der Waals surface area contributed by atoms with E-state index in [1.165, 1.54) is 16.4 Å². The molecule has 0 radical (unpaired) electrons. The highest BCUT2D eigenvalue weighted by Gasteiger charge is 2.38. The SMILES string of the molecule is CC(C)CN(C1CCS(=O)(=O)C1)S(=O)(=O)c1cccc(Cl)c1. The summed E-state index contributed by atoms with van der Waals surface area (Å²) in [6.45, 7) is 4.10. The van der Waals surface area contributed by atoms with E-state index in [0.717, 1.165) is 0 Å². The van der Waals surface area contributed by atoms with Crippen molar-refractivity contribution < 1.29 is 16.8 Å². The van der Waals surface area contributed by atoms with Gasteiger partial charge in [0, 0.05) is 17.6 Å². The fraction of sp³-hybridized carbons (Fsp3) is 0.571. The molecule has 1 aromatic carbocycles. The van der Waals surface area contributed by atoms with Crippen LogP contribution in [0.25, 0.3) is 0 Å². The van der Waals surface area contributed by atoms with Gasteiger partial charge in [0.2, 0.25) is 10.0 Å². The van der Waals surface area contributed by atoms with Crippen molar-refractivity contribution in [2.24, 2.45) is 5.92 Å². The zero-order valence-corrected chi connectivity index (χ0v) is 15.0. The standard InChI is InChI=1S/C14H20ClNO4S2/c1-11(2)9-16(13-6-7-21(17,18)10-13)22(19,20)14-5-3-4-12(15)8-14/h3-5,8,11,13H,6-7,9-10H2,1-2H3. The normalized spacial score (nSPS) is 21.6. The van der Waals surface area contributed by atoms with E-state index in [1.54, 1.807) is 12.1 Å². The lowest BCUT2D eigenvalue weighted by molar-refractivity contribution is 0.308. The first-order valence-corrected chi connectivity index (χ1v) is 10.7. The van der Waals surface area contributed by atoms with Gasteiger partial charge >= 0.3 is 0 Å². The lowest BCUT2D eigenvalue weighted by Crippen LogP contribution is -2.43. The Bertz CT molecular complexity index is 744. The van der Waals surface area contributed by atoms with Crippen molar-refractivity contribution in [3.8, 4) is 0 Å². The Morgan fingerprint density at radius 1 is 1.36 bits per heavy atom. The molecule has 0 bridgehead atoms. The highest BCUT2D eigenvalue weighted by atomic mass is 35.5. The summed E-state index contributed by atoms with van der Waals surface area (Å²) in [5.74, 6) is 0.0221. The molecule has 0 spiro atoms. The molecular weight excluding hydrogens is 346 g/mol. The molecule has 0 N–H and O–H groups in total. The summed E-state index contributed by atoms with van der Waals surface area (Å²) in [5, 5.41) is 0.338. The molecular formula is C14H20ClNO4S2. The van der Waals surface area contributed by atoms with Crippen LogP contribution in [-0.4, -0.2) is 45.2 Å². The summed E-state index contributed by atoms with van der Waals surface area (Å²) < 4.78 is 50.5. The van der Waals surface area contributed by atoms with Crippen LogP contribution < -0.4 is 0 Å². The zero-order chi connectivity index (χ0) is 16.5. The van der Waals surface area contributed by atoms with Gasteiger partial charge in [-0.15, -0.1) is 0 Å². The molecule has 1 aliphatic rings. The van der Waals surface area contributed by atoms with Crippen LogP contribution in [0, 0.1) is 5.92 Å². The maximum absolute atomic E-state index is 12.9. The number of halogens is 1. The lowest BCUT2D eigenvalue weighted by atomic mass is 10.2. The van der Waals surface area contributed by atoms with Gasteiger partial charge in [-0.1, -0.05) is 31.5 Å². The molecule has 1 atom stereocenters. The van der Waals surface area contributed by atoms with Crippen LogP contribution in [0.15, 0.2) is 29.2 Å². The van der Waals surface area contributed by atoms with E-state index in [2.05, 4.69) is 0 Å². The van der Waals surface area contributed by atoms with Gasteiger partial charge in [0.1, 0.15) is 0 Å². The first kappa shape index (κ1) is 17.7. The summed E-state index contributed by atoms with van der Waals surface area (Å²) in [6, 6.07) is 5.56. The predicted octanol–water partition coefficient (Wildman–Crippen LogP) is 2.17. The Balaban J connectivity index is 2.40. The first-order chi connectivity index (χ1) is 10.1. The summed E-state index contributed by atoms with van der Waals surface area (Å²) in [6.07, 6.45) is 0.342. The fourth-order valence-corrected chi connectivity index (χ4v) is 6.51. The smallest absolute Gasteiger partial charge is 0.229 e. The molecule has 0 aliphatic carbocycles. The van der Waals surface area contributed by atoms with Crippen molar-refractivity contribution >= 4 is 31.5 Å². The number of benzene rings is 1. The molecule has 0 saturated carbocycles. The summed E-state index contributed by atoms with van der Waals surface area (Å²) in [4.78, 5) is 0.102. The Labute approximate surface area is 137 Å². The minimum Gasteiger partial charge on any atom is -0.229 e. The molecule has 1 fully saturated rings. The van der Waals surface area contributed by atoms with Crippen LogP contribution in [0.2, 0.25) is 5.02 Å². The van der Waals surface area contributed by atoms with E-state index < -0.39 is 25.9 Å². The van der Waals surface area contributed by atoms with Crippen LogP contribution in [0.5, 0.6) is 0 Å². The van der Waals surface area contributed by atoms with Crippen LogP contribution in [-0.2, 0) is 19.9 Å². The lowest BCUT2D eigenvalue weighted by Gasteiger charge is -2.29. The third-order valence-electron chi connectivity index (χ3n) is 3.56. The van der Waals surface area contributed by atoms with Gasteiger partial charge in [-0.2, -0.15) is 4.31 Å². The molecule has 22 heavy (non-hydrogen) atoms. The van der Waals surface area contributed by atoms with Gasteiger partial charge in [0.25, 0.3) is 0 Å². The van der Waals surface area contributed by atoms with Crippen molar-refractivity contribution in [1.82, 2.24) is 4.31 Å². The first-order valence-electron chi connectivity index (χ1n) is 7.09. The Kier molecular flexibility index (Phi) is 5.21. The van der Waals surface area contributed by atoms with Crippen LogP contribution >= 0.6 is 11.6 Å². The number of sulfonamides is 1. The number of rotatable bonds is 5. The summed E-state index contributed by atoms with van der Waals surface area (Å²) >= 11 is 5.89. The van der Waals surface area contributed by atoms with E-state index in [9.17, 15) is 16.8 Å². The number of sulfone groups is 1. The van der Waals surface area contributed by atoms with Gasteiger partial charge < -0.3 is 0 Å². The zero-order valence-electron chi connectivity index (χ0n) is 12.6. The van der Waals surface area contributed by atoms with Crippen molar-refractivity contribution in [1.29, 1.82) is 0 Å². The predicted molar refractivity (Wildman–Crippen MR) is 87.2 cm³/mol. The van der Waals surface area contributed by atoms with E-state index in [1.807, 2.05) is 13.8 Å². The highest BCUT2D eigenvalue weighted by molar-refractivity contribution is 7.92. The van der Waals surface area contributed by atoms with Crippen LogP contribution in [0.4, 0.5) is 0 Å². The minimum atomic E-state index is -3.77. The van der Waals surface area contributed by atoms with Crippen molar-refractivity contribution in [2.45, 2.75) is 31.2 Å². The Morgan fingerprint density at radius 3 is 2.55 bits per heavy atom. The monoisotopic (exact) mass is 365 g/mol. The highest BCUT2D eigenvalue weighted by Crippen LogP contribution is 2.27.